The molecule has 1 heterocycles. The molecule has 0 amide bonds. The van der Waals surface area contributed by atoms with Crippen molar-refractivity contribution in [2.75, 3.05) is 0 Å². The summed E-state index contributed by atoms with van der Waals surface area (Å²) < 4.78 is 0. The standard InChI is InChI=1S/C19H17NO/c21-18(12-15-11-14-5-1-2-8-16(14)15)17-9-3-6-13-7-4-10-20-19(13)17/h1-10,15,18,21H,11-12H2. The first-order valence-electron chi connectivity index (χ1n) is 7.42. The van der Waals surface area contributed by atoms with Crippen molar-refractivity contribution >= 4 is 10.9 Å². The quantitative estimate of drug-likeness (QED) is 0.783. The Bertz CT molecular complexity index is 791. The van der Waals surface area contributed by atoms with E-state index in [9.17, 15) is 5.11 Å². The number of hydrogen-bond acceptors (Lipinski definition) is 2. The van der Waals surface area contributed by atoms with Gasteiger partial charge in [-0.05, 0) is 36.0 Å². The minimum atomic E-state index is -0.457. The molecule has 2 heteroatoms. The van der Waals surface area contributed by atoms with Crippen molar-refractivity contribution in [3.8, 4) is 0 Å². The first-order valence-corrected chi connectivity index (χ1v) is 7.42. The molecule has 2 atom stereocenters. The van der Waals surface area contributed by atoms with Gasteiger partial charge in [0, 0.05) is 17.1 Å². The molecule has 1 N–H and O–H groups in total. The van der Waals surface area contributed by atoms with Crippen molar-refractivity contribution < 1.29 is 5.11 Å². The van der Waals surface area contributed by atoms with Crippen molar-refractivity contribution in [1.29, 1.82) is 0 Å². The van der Waals surface area contributed by atoms with Crippen molar-refractivity contribution in [1.82, 2.24) is 4.98 Å². The van der Waals surface area contributed by atoms with Crippen LogP contribution in [0.1, 0.15) is 35.1 Å². The van der Waals surface area contributed by atoms with Gasteiger partial charge in [0.1, 0.15) is 0 Å². The lowest BCUT2D eigenvalue weighted by Crippen LogP contribution is -2.19. The normalized spacial score (nSPS) is 18.0. The average Bonchev–Trinajstić information content (AvgIpc) is 2.52. The Hall–Kier alpha value is -2.19. The Morgan fingerprint density at radius 2 is 1.90 bits per heavy atom. The van der Waals surface area contributed by atoms with Crippen LogP contribution >= 0.6 is 0 Å². The summed E-state index contributed by atoms with van der Waals surface area (Å²) in [5, 5.41) is 11.7. The number of aromatic nitrogens is 1. The van der Waals surface area contributed by atoms with E-state index in [4.69, 9.17) is 0 Å². The lowest BCUT2D eigenvalue weighted by atomic mass is 9.74. The fourth-order valence-corrected chi connectivity index (χ4v) is 3.37. The van der Waals surface area contributed by atoms with Crippen LogP contribution in [0.5, 0.6) is 0 Å². The van der Waals surface area contributed by atoms with Crippen molar-refractivity contribution in [3.05, 3.63) is 77.5 Å². The Labute approximate surface area is 124 Å². The maximum Gasteiger partial charge on any atom is 0.0817 e. The van der Waals surface area contributed by atoms with Crippen LogP contribution in [0.4, 0.5) is 0 Å². The van der Waals surface area contributed by atoms with Gasteiger partial charge in [0.15, 0.2) is 0 Å². The molecule has 2 aromatic carbocycles. The molecule has 0 aliphatic heterocycles. The highest BCUT2D eigenvalue weighted by Gasteiger charge is 2.28. The van der Waals surface area contributed by atoms with E-state index in [1.807, 2.05) is 30.3 Å². The molecule has 21 heavy (non-hydrogen) atoms. The molecule has 1 aromatic heterocycles. The molecule has 4 rings (SSSR count). The second kappa shape index (κ2) is 4.97. The maximum absolute atomic E-state index is 10.6. The van der Waals surface area contributed by atoms with E-state index in [1.54, 1.807) is 6.20 Å². The molecule has 3 aromatic rings. The highest BCUT2D eigenvalue weighted by Crippen LogP contribution is 2.41. The van der Waals surface area contributed by atoms with Crippen LogP contribution in [0.3, 0.4) is 0 Å². The average molecular weight is 275 g/mol. The van der Waals surface area contributed by atoms with Crippen molar-refractivity contribution in [3.63, 3.8) is 0 Å². The van der Waals surface area contributed by atoms with E-state index in [1.165, 1.54) is 11.1 Å². The monoisotopic (exact) mass is 275 g/mol. The summed E-state index contributed by atoms with van der Waals surface area (Å²) in [6.45, 7) is 0. The van der Waals surface area contributed by atoms with Crippen LogP contribution in [0.15, 0.2) is 60.8 Å². The van der Waals surface area contributed by atoms with E-state index in [0.717, 1.165) is 29.3 Å². The molecule has 104 valence electrons. The third kappa shape index (κ3) is 2.12. The molecule has 0 radical (unpaired) electrons. The van der Waals surface area contributed by atoms with Crippen LogP contribution < -0.4 is 0 Å². The molecule has 0 spiro atoms. The lowest BCUT2D eigenvalue weighted by Gasteiger charge is -2.31. The molecule has 2 unspecified atom stereocenters. The number of pyridine rings is 1. The molecule has 0 bridgehead atoms. The zero-order valence-corrected chi connectivity index (χ0v) is 11.7. The summed E-state index contributed by atoms with van der Waals surface area (Å²) in [7, 11) is 0. The molecule has 0 saturated heterocycles. The van der Waals surface area contributed by atoms with Gasteiger partial charge in [-0.3, -0.25) is 4.98 Å². The number of para-hydroxylation sites is 1. The predicted molar refractivity (Wildman–Crippen MR) is 84.2 cm³/mol. The Morgan fingerprint density at radius 3 is 2.81 bits per heavy atom. The van der Waals surface area contributed by atoms with Gasteiger partial charge in [0.05, 0.1) is 11.6 Å². The number of nitrogens with zero attached hydrogens (tertiary/aromatic N) is 1. The smallest absolute Gasteiger partial charge is 0.0817 e. The van der Waals surface area contributed by atoms with E-state index >= 15 is 0 Å². The largest absolute Gasteiger partial charge is 0.388 e. The summed E-state index contributed by atoms with van der Waals surface area (Å²) in [4.78, 5) is 4.44. The second-order valence-corrected chi connectivity index (χ2v) is 5.77. The molecule has 1 aliphatic rings. The first-order chi connectivity index (χ1) is 10.3. The van der Waals surface area contributed by atoms with Gasteiger partial charge in [0.25, 0.3) is 0 Å². The number of rotatable bonds is 3. The Balaban J connectivity index is 1.62. The second-order valence-electron chi connectivity index (χ2n) is 5.77. The maximum atomic E-state index is 10.6. The minimum Gasteiger partial charge on any atom is -0.388 e. The highest BCUT2D eigenvalue weighted by atomic mass is 16.3. The lowest BCUT2D eigenvalue weighted by molar-refractivity contribution is 0.155. The number of benzene rings is 2. The van der Waals surface area contributed by atoms with E-state index in [2.05, 4.69) is 29.2 Å². The fourth-order valence-electron chi connectivity index (χ4n) is 3.37. The van der Waals surface area contributed by atoms with Crippen molar-refractivity contribution in [2.45, 2.75) is 24.9 Å². The summed E-state index contributed by atoms with van der Waals surface area (Å²) in [5.41, 5.74) is 4.67. The summed E-state index contributed by atoms with van der Waals surface area (Å²) in [6, 6.07) is 18.5. The zero-order chi connectivity index (χ0) is 14.2. The molecular formula is C19H17NO. The van der Waals surface area contributed by atoms with Crippen LogP contribution in [0.2, 0.25) is 0 Å². The molecule has 0 saturated carbocycles. The van der Waals surface area contributed by atoms with Gasteiger partial charge in [-0.1, -0.05) is 48.5 Å². The summed E-state index contributed by atoms with van der Waals surface area (Å²) >= 11 is 0. The van der Waals surface area contributed by atoms with E-state index < -0.39 is 6.10 Å². The van der Waals surface area contributed by atoms with Crippen LogP contribution in [-0.2, 0) is 6.42 Å². The van der Waals surface area contributed by atoms with Gasteiger partial charge in [-0.15, -0.1) is 0 Å². The van der Waals surface area contributed by atoms with Crippen LogP contribution in [0, 0.1) is 0 Å². The molecular weight excluding hydrogens is 258 g/mol. The zero-order valence-electron chi connectivity index (χ0n) is 11.7. The first kappa shape index (κ1) is 12.5. The van der Waals surface area contributed by atoms with Gasteiger partial charge in [-0.25, -0.2) is 0 Å². The van der Waals surface area contributed by atoms with Gasteiger partial charge >= 0.3 is 0 Å². The summed E-state index contributed by atoms with van der Waals surface area (Å²) in [5.74, 6) is 0.468. The Kier molecular flexibility index (Phi) is 2.97. The van der Waals surface area contributed by atoms with Crippen molar-refractivity contribution in [2.24, 2.45) is 0 Å². The molecule has 2 nitrogen and oxygen atoms in total. The number of fused-ring (bicyclic) bond motifs is 2. The van der Waals surface area contributed by atoms with E-state index in [-0.39, 0.29) is 0 Å². The summed E-state index contributed by atoms with van der Waals surface area (Å²) in [6.07, 6.45) is 3.18. The molecule has 1 aliphatic carbocycles. The third-order valence-corrected chi connectivity index (χ3v) is 4.49. The Morgan fingerprint density at radius 1 is 1.05 bits per heavy atom. The van der Waals surface area contributed by atoms with Gasteiger partial charge in [-0.2, -0.15) is 0 Å². The third-order valence-electron chi connectivity index (χ3n) is 4.49. The highest BCUT2D eigenvalue weighted by molar-refractivity contribution is 5.81. The number of aliphatic hydroxyl groups is 1. The van der Waals surface area contributed by atoms with Crippen LogP contribution in [0.25, 0.3) is 10.9 Å². The predicted octanol–water partition coefficient (Wildman–Crippen LogP) is 4.00. The number of hydrogen-bond donors (Lipinski definition) is 1. The fraction of sp³-hybridized carbons (Fsp3) is 0.211. The number of aliphatic hydroxyl groups excluding tert-OH is 1. The SMILES string of the molecule is OC(CC1Cc2ccccc21)c1cccc2cccnc12. The van der Waals surface area contributed by atoms with Gasteiger partial charge < -0.3 is 5.11 Å². The van der Waals surface area contributed by atoms with E-state index in [0.29, 0.717) is 5.92 Å². The van der Waals surface area contributed by atoms with Gasteiger partial charge in [0.2, 0.25) is 0 Å². The topological polar surface area (TPSA) is 33.1 Å². The van der Waals surface area contributed by atoms with Crippen LogP contribution in [-0.4, -0.2) is 10.1 Å². The molecule has 0 fully saturated rings. The minimum absolute atomic E-state index is 0.457.